The molecule has 18 heavy (non-hydrogen) atoms. The second-order valence-corrected chi connectivity index (χ2v) is 4.74. The first kappa shape index (κ1) is 12.4. The van der Waals surface area contributed by atoms with Gasteiger partial charge < -0.3 is 9.67 Å². The van der Waals surface area contributed by atoms with Crippen molar-refractivity contribution in [3.63, 3.8) is 0 Å². The van der Waals surface area contributed by atoms with Crippen LogP contribution in [0.4, 0.5) is 0 Å². The largest absolute Gasteiger partial charge is 0.477 e. The highest BCUT2D eigenvalue weighted by atomic mass is 16.4. The van der Waals surface area contributed by atoms with Crippen LogP contribution in [-0.2, 0) is 0 Å². The van der Waals surface area contributed by atoms with E-state index in [1.54, 1.807) is 10.6 Å². The molecule has 94 valence electrons. The highest BCUT2D eigenvalue weighted by Crippen LogP contribution is 2.27. The minimum Gasteiger partial charge on any atom is -0.477 e. The summed E-state index contributed by atoms with van der Waals surface area (Å²) in [5.41, 5.74) is 3.53. The number of aryl methyl sites for hydroxylation is 1. The van der Waals surface area contributed by atoms with Crippen LogP contribution in [-0.4, -0.2) is 15.6 Å². The van der Waals surface area contributed by atoms with Crippen LogP contribution in [0, 0.1) is 6.92 Å². The maximum absolute atomic E-state index is 11.2. The summed E-state index contributed by atoms with van der Waals surface area (Å²) in [4.78, 5) is 11.2. The third kappa shape index (κ3) is 2.16. The SMILES string of the molecule is Cc1ccccc1-c1cc(C(=O)O)n(C(C)C)c1. The molecule has 1 N–H and O–H groups in total. The average Bonchev–Trinajstić information content (AvgIpc) is 2.74. The van der Waals surface area contributed by atoms with Crippen LogP contribution in [0.25, 0.3) is 11.1 Å². The predicted octanol–water partition coefficient (Wildman–Crippen LogP) is 3.74. The van der Waals surface area contributed by atoms with Gasteiger partial charge in [0.15, 0.2) is 0 Å². The number of hydrogen-bond donors (Lipinski definition) is 1. The zero-order valence-electron chi connectivity index (χ0n) is 10.8. The minimum atomic E-state index is -0.886. The van der Waals surface area contributed by atoms with E-state index in [0.29, 0.717) is 5.69 Å². The standard InChI is InChI=1S/C15H17NO2/c1-10(2)16-9-12(8-14(16)15(17)18)13-7-5-4-6-11(13)3/h4-10H,1-3H3,(H,17,18). The van der Waals surface area contributed by atoms with E-state index in [4.69, 9.17) is 0 Å². The first-order chi connectivity index (χ1) is 8.50. The molecular weight excluding hydrogens is 226 g/mol. The third-order valence-electron chi connectivity index (χ3n) is 3.08. The summed E-state index contributed by atoms with van der Waals surface area (Å²) in [5.74, 6) is -0.886. The molecule has 0 bridgehead atoms. The van der Waals surface area contributed by atoms with Crippen molar-refractivity contribution < 1.29 is 9.90 Å². The normalized spacial score (nSPS) is 10.9. The Morgan fingerprint density at radius 3 is 2.44 bits per heavy atom. The quantitative estimate of drug-likeness (QED) is 0.892. The van der Waals surface area contributed by atoms with Gasteiger partial charge in [-0.2, -0.15) is 0 Å². The van der Waals surface area contributed by atoms with Crippen LogP contribution in [0.15, 0.2) is 36.5 Å². The van der Waals surface area contributed by atoms with Crippen LogP contribution in [0.2, 0.25) is 0 Å². The van der Waals surface area contributed by atoms with Gasteiger partial charge in [0.2, 0.25) is 0 Å². The Hall–Kier alpha value is -2.03. The molecule has 0 atom stereocenters. The van der Waals surface area contributed by atoms with E-state index in [2.05, 4.69) is 0 Å². The van der Waals surface area contributed by atoms with E-state index < -0.39 is 5.97 Å². The van der Waals surface area contributed by atoms with E-state index in [9.17, 15) is 9.90 Å². The van der Waals surface area contributed by atoms with Gasteiger partial charge in [0.1, 0.15) is 5.69 Å². The molecule has 2 rings (SSSR count). The van der Waals surface area contributed by atoms with Crippen LogP contribution >= 0.6 is 0 Å². The van der Waals surface area contributed by atoms with Crippen LogP contribution in [0.1, 0.15) is 35.9 Å². The van der Waals surface area contributed by atoms with Crippen molar-refractivity contribution in [2.45, 2.75) is 26.8 Å². The number of carboxylic acids is 1. The monoisotopic (exact) mass is 243 g/mol. The number of hydrogen-bond acceptors (Lipinski definition) is 1. The van der Waals surface area contributed by atoms with E-state index >= 15 is 0 Å². The van der Waals surface area contributed by atoms with Gasteiger partial charge in [-0.15, -0.1) is 0 Å². The maximum atomic E-state index is 11.2. The lowest BCUT2D eigenvalue weighted by Crippen LogP contribution is -2.09. The number of nitrogens with zero attached hydrogens (tertiary/aromatic N) is 1. The van der Waals surface area contributed by atoms with Gasteiger partial charge >= 0.3 is 5.97 Å². The fraction of sp³-hybridized carbons (Fsp3) is 0.267. The molecule has 1 aromatic carbocycles. The molecule has 0 saturated carbocycles. The number of rotatable bonds is 3. The first-order valence-corrected chi connectivity index (χ1v) is 6.02. The highest BCUT2D eigenvalue weighted by molar-refractivity contribution is 5.88. The number of benzene rings is 1. The van der Waals surface area contributed by atoms with Gasteiger partial charge in [0.05, 0.1) is 0 Å². The van der Waals surface area contributed by atoms with Crippen LogP contribution in [0.3, 0.4) is 0 Å². The molecule has 2 aromatic rings. The molecule has 0 unspecified atom stereocenters. The summed E-state index contributed by atoms with van der Waals surface area (Å²) in [5, 5.41) is 9.22. The Labute approximate surface area is 107 Å². The van der Waals surface area contributed by atoms with Crippen molar-refractivity contribution in [2.75, 3.05) is 0 Å². The fourth-order valence-corrected chi connectivity index (χ4v) is 2.12. The van der Waals surface area contributed by atoms with Crippen LogP contribution in [0.5, 0.6) is 0 Å². The van der Waals surface area contributed by atoms with Gasteiger partial charge in [0, 0.05) is 17.8 Å². The van der Waals surface area contributed by atoms with Crippen molar-refractivity contribution in [3.8, 4) is 11.1 Å². The molecule has 3 heteroatoms. The summed E-state index contributed by atoms with van der Waals surface area (Å²) in [6.07, 6.45) is 1.91. The number of carbonyl (C=O) groups is 1. The van der Waals surface area contributed by atoms with Crippen molar-refractivity contribution >= 4 is 5.97 Å². The van der Waals surface area contributed by atoms with Gasteiger partial charge in [-0.25, -0.2) is 4.79 Å². The van der Waals surface area contributed by atoms with Crippen molar-refractivity contribution in [1.82, 2.24) is 4.57 Å². The molecule has 0 saturated heterocycles. The van der Waals surface area contributed by atoms with Crippen LogP contribution < -0.4 is 0 Å². The summed E-state index contributed by atoms with van der Waals surface area (Å²) in [6.45, 7) is 5.99. The molecular formula is C15H17NO2. The molecule has 1 heterocycles. The average molecular weight is 243 g/mol. The van der Waals surface area contributed by atoms with E-state index in [-0.39, 0.29) is 6.04 Å². The van der Waals surface area contributed by atoms with Gasteiger partial charge in [-0.05, 0) is 38.0 Å². The Bertz CT molecular complexity index is 582. The first-order valence-electron chi connectivity index (χ1n) is 6.02. The van der Waals surface area contributed by atoms with Gasteiger partial charge in [-0.1, -0.05) is 24.3 Å². The number of carboxylic acid groups (broad SMARTS) is 1. The lowest BCUT2D eigenvalue weighted by atomic mass is 10.0. The molecule has 0 radical (unpaired) electrons. The predicted molar refractivity (Wildman–Crippen MR) is 71.9 cm³/mol. The highest BCUT2D eigenvalue weighted by Gasteiger charge is 2.15. The smallest absolute Gasteiger partial charge is 0.352 e. The lowest BCUT2D eigenvalue weighted by Gasteiger charge is -2.09. The molecule has 0 aliphatic carbocycles. The third-order valence-corrected chi connectivity index (χ3v) is 3.08. The van der Waals surface area contributed by atoms with Crippen molar-refractivity contribution in [3.05, 3.63) is 47.8 Å². The zero-order valence-corrected chi connectivity index (χ0v) is 10.8. The number of aromatic nitrogens is 1. The lowest BCUT2D eigenvalue weighted by molar-refractivity contribution is 0.0683. The minimum absolute atomic E-state index is 0.133. The summed E-state index contributed by atoms with van der Waals surface area (Å²) >= 11 is 0. The molecule has 0 fully saturated rings. The molecule has 0 aliphatic heterocycles. The van der Waals surface area contributed by atoms with E-state index in [1.165, 1.54) is 0 Å². The molecule has 3 nitrogen and oxygen atoms in total. The van der Waals surface area contributed by atoms with E-state index in [1.807, 2.05) is 51.2 Å². The fourth-order valence-electron chi connectivity index (χ4n) is 2.12. The van der Waals surface area contributed by atoms with Gasteiger partial charge in [-0.3, -0.25) is 0 Å². The Morgan fingerprint density at radius 1 is 1.28 bits per heavy atom. The second kappa shape index (κ2) is 4.69. The number of aromatic carboxylic acids is 1. The topological polar surface area (TPSA) is 42.2 Å². The Balaban J connectivity index is 2.57. The van der Waals surface area contributed by atoms with Crippen molar-refractivity contribution in [2.24, 2.45) is 0 Å². The van der Waals surface area contributed by atoms with Crippen molar-refractivity contribution in [1.29, 1.82) is 0 Å². The zero-order chi connectivity index (χ0) is 13.3. The molecule has 0 amide bonds. The summed E-state index contributed by atoms with van der Waals surface area (Å²) in [7, 11) is 0. The van der Waals surface area contributed by atoms with E-state index in [0.717, 1.165) is 16.7 Å². The molecule has 0 spiro atoms. The Kier molecular flexibility index (Phi) is 3.24. The summed E-state index contributed by atoms with van der Waals surface area (Å²) < 4.78 is 1.80. The maximum Gasteiger partial charge on any atom is 0.352 e. The summed E-state index contributed by atoms with van der Waals surface area (Å²) in [6, 6.07) is 9.87. The van der Waals surface area contributed by atoms with Gasteiger partial charge in [0.25, 0.3) is 0 Å². The second-order valence-electron chi connectivity index (χ2n) is 4.74. The molecule has 0 aliphatic rings. The Morgan fingerprint density at radius 2 is 1.94 bits per heavy atom. The molecule has 1 aromatic heterocycles.